The molecule has 1 rings (SSSR count). The molecule has 0 fully saturated rings. The van der Waals surface area contributed by atoms with Crippen LogP contribution >= 0.6 is 0 Å². The molecule has 1 aromatic rings. The van der Waals surface area contributed by atoms with E-state index in [0.717, 1.165) is 12.0 Å². The van der Waals surface area contributed by atoms with E-state index in [2.05, 4.69) is 20.8 Å². The third-order valence-corrected chi connectivity index (χ3v) is 2.82. The molecule has 0 spiro atoms. The average molecular weight is 220 g/mol. The van der Waals surface area contributed by atoms with E-state index in [-0.39, 0.29) is 11.4 Å². The topological polar surface area (TPSA) is 26.3 Å². The molecule has 2 nitrogen and oxygen atoms in total. The van der Waals surface area contributed by atoms with Gasteiger partial charge in [-0.3, -0.25) is 4.79 Å². The summed E-state index contributed by atoms with van der Waals surface area (Å²) in [6.45, 7) is 6.62. The van der Waals surface area contributed by atoms with Crippen LogP contribution in [0.25, 0.3) is 0 Å². The predicted octanol–water partition coefficient (Wildman–Crippen LogP) is 3.56. The second-order valence-corrected chi connectivity index (χ2v) is 4.84. The lowest BCUT2D eigenvalue weighted by Gasteiger charge is -2.20. The summed E-state index contributed by atoms with van der Waals surface area (Å²) in [4.78, 5) is 11.6. The molecule has 0 aliphatic carbocycles. The predicted molar refractivity (Wildman–Crippen MR) is 64.9 cm³/mol. The van der Waals surface area contributed by atoms with Crippen LogP contribution in [0.3, 0.4) is 0 Å². The lowest BCUT2D eigenvalue weighted by Crippen LogP contribution is -2.17. The van der Waals surface area contributed by atoms with Gasteiger partial charge in [-0.2, -0.15) is 0 Å². The molecule has 0 bridgehead atoms. The molecule has 0 atom stereocenters. The van der Waals surface area contributed by atoms with Crippen LogP contribution in [0, 0.1) is 5.41 Å². The van der Waals surface area contributed by atoms with Gasteiger partial charge in [-0.05, 0) is 11.0 Å². The lowest BCUT2D eigenvalue weighted by atomic mass is 9.87. The molecule has 1 aromatic carbocycles. The van der Waals surface area contributed by atoms with Gasteiger partial charge in [0.25, 0.3) is 0 Å². The number of esters is 1. The van der Waals surface area contributed by atoms with Crippen LogP contribution in [0.4, 0.5) is 0 Å². The minimum Gasteiger partial charge on any atom is -0.461 e. The molecule has 0 saturated carbocycles. The summed E-state index contributed by atoms with van der Waals surface area (Å²) >= 11 is 0. The number of ether oxygens (including phenoxy) is 1. The van der Waals surface area contributed by atoms with Crippen LogP contribution in [0.15, 0.2) is 30.3 Å². The fourth-order valence-corrected chi connectivity index (χ4v) is 1.30. The van der Waals surface area contributed by atoms with E-state index in [1.165, 1.54) is 0 Å². The standard InChI is InChI=1S/C14H20O2/c1-4-14(2,3)10-13(15)16-11-12-8-6-5-7-9-12/h5-9H,4,10-11H2,1-3H3. The second kappa shape index (κ2) is 5.69. The number of hydrogen-bond acceptors (Lipinski definition) is 2. The molecule has 0 aromatic heterocycles. The maximum Gasteiger partial charge on any atom is 0.306 e. The fraction of sp³-hybridized carbons (Fsp3) is 0.500. The number of hydrogen-bond donors (Lipinski definition) is 0. The van der Waals surface area contributed by atoms with Gasteiger partial charge in [0.1, 0.15) is 6.61 Å². The maximum atomic E-state index is 11.6. The Morgan fingerprint density at radius 1 is 1.25 bits per heavy atom. The summed E-state index contributed by atoms with van der Waals surface area (Å²) in [5, 5.41) is 0. The molecule has 2 heteroatoms. The lowest BCUT2D eigenvalue weighted by molar-refractivity contribution is -0.147. The van der Waals surface area contributed by atoms with Gasteiger partial charge in [0.05, 0.1) is 6.42 Å². The monoisotopic (exact) mass is 220 g/mol. The molecule has 0 radical (unpaired) electrons. The SMILES string of the molecule is CCC(C)(C)CC(=O)OCc1ccccc1. The van der Waals surface area contributed by atoms with Crippen LogP contribution in [-0.2, 0) is 16.1 Å². The molecule has 0 amide bonds. The van der Waals surface area contributed by atoms with E-state index in [1.54, 1.807) is 0 Å². The van der Waals surface area contributed by atoms with Crippen molar-refractivity contribution in [3.63, 3.8) is 0 Å². The number of carbonyl (C=O) groups is 1. The summed E-state index contributed by atoms with van der Waals surface area (Å²) in [5.74, 6) is -0.115. The van der Waals surface area contributed by atoms with Crippen molar-refractivity contribution in [2.24, 2.45) is 5.41 Å². The molecule has 0 heterocycles. The first-order valence-electron chi connectivity index (χ1n) is 5.73. The molecule has 0 unspecified atom stereocenters. The molecule has 16 heavy (non-hydrogen) atoms. The van der Waals surface area contributed by atoms with Crippen LogP contribution in [0.5, 0.6) is 0 Å². The van der Waals surface area contributed by atoms with Crippen LogP contribution in [0.2, 0.25) is 0 Å². The third-order valence-electron chi connectivity index (χ3n) is 2.82. The zero-order valence-corrected chi connectivity index (χ0v) is 10.3. The van der Waals surface area contributed by atoms with Gasteiger partial charge >= 0.3 is 5.97 Å². The van der Waals surface area contributed by atoms with Gasteiger partial charge in [-0.1, -0.05) is 57.5 Å². The molecular formula is C14H20O2. The molecule has 0 N–H and O–H groups in total. The molecule has 0 saturated heterocycles. The minimum absolute atomic E-state index is 0.0355. The Labute approximate surface area is 97.6 Å². The van der Waals surface area contributed by atoms with Gasteiger partial charge in [0.2, 0.25) is 0 Å². The van der Waals surface area contributed by atoms with Crippen molar-refractivity contribution >= 4 is 5.97 Å². The van der Waals surface area contributed by atoms with Crippen molar-refractivity contribution in [3.8, 4) is 0 Å². The third kappa shape index (κ3) is 4.47. The van der Waals surface area contributed by atoms with Crippen molar-refractivity contribution in [3.05, 3.63) is 35.9 Å². The molecule has 0 aliphatic rings. The van der Waals surface area contributed by atoms with Gasteiger partial charge in [0, 0.05) is 0 Å². The maximum absolute atomic E-state index is 11.6. The van der Waals surface area contributed by atoms with E-state index in [0.29, 0.717) is 13.0 Å². The quantitative estimate of drug-likeness (QED) is 0.709. The smallest absolute Gasteiger partial charge is 0.306 e. The molecular weight excluding hydrogens is 200 g/mol. The first-order valence-corrected chi connectivity index (χ1v) is 5.73. The summed E-state index contributed by atoms with van der Waals surface area (Å²) in [7, 11) is 0. The average Bonchev–Trinajstić information content (AvgIpc) is 2.27. The Hall–Kier alpha value is -1.31. The second-order valence-electron chi connectivity index (χ2n) is 4.84. The Morgan fingerprint density at radius 2 is 1.88 bits per heavy atom. The van der Waals surface area contributed by atoms with E-state index in [9.17, 15) is 4.79 Å². The van der Waals surface area contributed by atoms with Gasteiger partial charge in [-0.15, -0.1) is 0 Å². The van der Waals surface area contributed by atoms with Crippen molar-refractivity contribution in [2.45, 2.75) is 40.2 Å². The van der Waals surface area contributed by atoms with Crippen molar-refractivity contribution in [1.82, 2.24) is 0 Å². The van der Waals surface area contributed by atoms with E-state index >= 15 is 0 Å². The van der Waals surface area contributed by atoms with Crippen molar-refractivity contribution in [1.29, 1.82) is 0 Å². The van der Waals surface area contributed by atoms with Crippen LogP contribution < -0.4 is 0 Å². The number of benzene rings is 1. The normalized spacial score (nSPS) is 11.2. The zero-order valence-electron chi connectivity index (χ0n) is 10.3. The number of rotatable bonds is 5. The van der Waals surface area contributed by atoms with E-state index in [4.69, 9.17) is 4.74 Å². The molecule has 0 aliphatic heterocycles. The minimum atomic E-state index is -0.115. The first kappa shape index (κ1) is 12.8. The van der Waals surface area contributed by atoms with Crippen LogP contribution in [-0.4, -0.2) is 5.97 Å². The number of carbonyl (C=O) groups excluding carboxylic acids is 1. The Kier molecular flexibility index (Phi) is 4.53. The highest BCUT2D eigenvalue weighted by Crippen LogP contribution is 2.24. The van der Waals surface area contributed by atoms with E-state index < -0.39 is 0 Å². The Balaban J connectivity index is 2.36. The first-order chi connectivity index (χ1) is 7.53. The summed E-state index contributed by atoms with van der Waals surface area (Å²) in [6, 6.07) is 9.75. The Bertz CT molecular complexity index is 328. The van der Waals surface area contributed by atoms with Gasteiger partial charge < -0.3 is 4.74 Å². The van der Waals surface area contributed by atoms with Crippen molar-refractivity contribution < 1.29 is 9.53 Å². The Morgan fingerprint density at radius 3 is 2.44 bits per heavy atom. The van der Waals surface area contributed by atoms with Gasteiger partial charge in [0.15, 0.2) is 0 Å². The summed E-state index contributed by atoms with van der Waals surface area (Å²) < 4.78 is 5.23. The summed E-state index contributed by atoms with van der Waals surface area (Å²) in [6.07, 6.45) is 1.46. The highest BCUT2D eigenvalue weighted by atomic mass is 16.5. The zero-order chi connectivity index (χ0) is 12.0. The molecule has 88 valence electrons. The van der Waals surface area contributed by atoms with Crippen molar-refractivity contribution in [2.75, 3.05) is 0 Å². The van der Waals surface area contributed by atoms with Crippen LogP contribution in [0.1, 0.15) is 39.2 Å². The van der Waals surface area contributed by atoms with E-state index in [1.807, 2.05) is 30.3 Å². The summed E-state index contributed by atoms with van der Waals surface area (Å²) in [5.41, 5.74) is 1.07. The highest BCUT2D eigenvalue weighted by Gasteiger charge is 2.20. The van der Waals surface area contributed by atoms with Gasteiger partial charge in [-0.25, -0.2) is 0 Å². The highest BCUT2D eigenvalue weighted by molar-refractivity contribution is 5.70. The fourth-order valence-electron chi connectivity index (χ4n) is 1.30. The largest absolute Gasteiger partial charge is 0.461 e.